The van der Waals surface area contributed by atoms with Crippen molar-refractivity contribution < 1.29 is 40.8 Å². The van der Waals surface area contributed by atoms with Crippen molar-refractivity contribution in [3.05, 3.63) is 45.0 Å². The Labute approximate surface area is 188 Å². The van der Waals surface area contributed by atoms with Gasteiger partial charge >= 0.3 is 29.6 Å². The Morgan fingerprint density at radius 3 is 2.56 bits per heavy atom. The maximum Gasteiger partial charge on any atom is 1.00 e. The number of rotatable bonds is 4. The summed E-state index contributed by atoms with van der Waals surface area (Å²) < 4.78 is 6.79. The summed E-state index contributed by atoms with van der Waals surface area (Å²) in [6, 6.07) is 7.80. The fourth-order valence-corrected chi connectivity index (χ4v) is 4.16. The topological polar surface area (TPSA) is 48.8 Å². The number of methoxy groups -OCH3 is 1. The van der Waals surface area contributed by atoms with E-state index in [4.69, 9.17) is 4.74 Å². The maximum absolute atomic E-state index is 10.2. The summed E-state index contributed by atoms with van der Waals surface area (Å²) in [5.74, 6) is 1.63. The van der Waals surface area contributed by atoms with Gasteiger partial charge in [-0.25, -0.2) is 4.98 Å². The van der Waals surface area contributed by atoms with Crippen molar-refractivity contribution in [2.75, 3.05) is 38.2 Å². The number of halogens is 2. The third kappa shape index (κ3) is 4.90. The third-order valence-corrected chi connectivity index (χ3v) is 5.76. The van der Waals surface area contributed by atoms with Crippen LogP contribution in [0.5, 0.6) is 11.5 Å². The van der Waals surface area contributed by atoms with E-state index in [1.807, 2.05) is 24.4 Å². The van der Waals surface area contributed by atoms with Gasteiger partial charge in [-0.15, -0.1) is 0 Å². The molecule has 25 heavy (non-hydrogen) atoms. The van der Waals surface area contributed by atoms with E-state index in [9.17, 15) is 5.11 Å². The Morgan fingerprint density at radius 2 is 1.96 bits per heavy atom. The number of aromatic nitrogens is 1. The van der Waals surface area contributed by atoms with E-state index in [0.717, 1.165) is 48.6 Å². The number of anilines is 1. The summed E-state index contributed by atoms with van der Waals surface area (Å²) >= 11 is 7.07. The predicted molar refractivity (Wildman–Crippen MR) is 103 cm³/mol. The van der Waals surface area contributed by atoms with E-state index in [-0.39, 0.29) is 36.7 Å². The van der Waals surface area contributed by atoms with Gasteiger partial charge in [-0.3, -0.25) is 4.90 Å². The fraction of sp³-hybridized carbons (Fsp3) is 0.353. The van der Waals surface area contributed by atoms with Crippen molar-refractivity contribution in [2.45, 2.75) is 6.54 Å². The molecule has 1 aliphatic heterocycles. The van der Waals surface area contributed by atoms with Gasteiger partial charge in [-0.2, -0.15) is 0 Å². The van der Waals surface area contributed by atoms with Gasteiger partial charge in [0.05, 0.1) is 11.6 Å². The number of nitrogens with zero attached hydrogens (tertiary/aromatic N) is 3. The monoisotopic (exact) mass is 479 g/mol. The normalized spacial score (nSPS) is 14.9. The Hall–Kier alpha value is -0.310. The van der Waals surface area contributed by atoms with Crippen LogP contribution < -0.4 is 39.2 Å². The van der Waals surface area contributed by atoms with Crippen LogP contribution in [0.2, 0.25) is 0 Å². The van der Waals surface area contributed by atoms with Crippen LogP contribution in [0.3, 0.4) is 0 Å². The number of piperazine rings is 1. The molecule has 0 unspecified atom stereocenters. The molecule has 8 heteroatoms. The zero-order chi connectivity index (χ0) is 17.1. The van der Waals surface area contributed by atoms with E-state index in [1.54, 1.807) is 13.2 Å². The molecule has 0 saturated carbocycles. The minimum atomic E-state index is 0. The second kappa shape index (κ2) is 9.58. The van der Waals surface area contributed by atoms with Crippen LogP contribution in [0.25, 0.3) is 0 Å². The van der Waals surface area contributed by atoms with Gasteiger partial charge in [0.15, 0.2) is 11.5 Å². The standard InChI is InChI=1S/C17H19Br2N3O2.Na.H/c1-24-14-10-13(18)12(16(19)17(14)23)11-21-6-8-22(9-7-21)15-4-2-3-5-20-15;;/h2-5,10,23H,6-9,11H2,1H3;;/q;+1;-1. The van der Waals surface area contributed by atoms with Crippen molar-refractivity contribution in [1.82, 2.24) is 9.88 Å². The molecule has 3 rings (SSSR count). The molecule has 1 fully saturated rings. The number of ether oxygens (including phenoxy) is 1. The molecule has 1 aromatic carbocycles. The van der Waals surface area contributed by atoms with Crippen LogP contribution in [0, 0.1) is 0 Å². The van der Waals surface area contributed by atoms with Crippen molar-refractivity contribution in [2.24, 2.45) is 0 Å². The Balaban J connectivity index is 0.00000169. The molecule has 1 aliphatic rings. The molecule has 130 valence electrons. The molecule has 5 nitrogen and oxygen atoms in total. The molecular weight excluding hydrogens is 461 g/mol. The average Bonchev–Trinajstić information content (AvgIpc) is 2.63. The van der Waals surface area contributed by atoms with Crippen molar-refractivity contribution in [3.8, 4) is 11.5 Å². The molecule has 0 aliphatic carbocycles. The first-order valence-electron chi connectivity index (χ1n) is 7.72. The van der Waals surface area contributed by atoms with E-state index >= 15 is 0 Å². The second-order valence-electron chi connectivity index (χ2n) is 5.65. The molecule has 0 atom stereocenters. The third-order valence-electron chi connectivity index (χ3n) is 4.20. The van der Waals surface area contributed by atoms with Crippen LogP contribution >= 0.6 is 31.9 Å². The van der Waals surface area contributed by atoms with Crippen LogP contribution in [0.1, 0.15) is 6.99 Å². The number of pyridine rings is 1. The molecule has 0 bridgehead atoms. The Morgan fingerprint density at radius 1 is 1.24 bits per heavy atom. The minimum Gasteiger partial charge on any atom is -1.00 e. The number of hydrogen-bond donors (Lipinski definition) is 1. The molecule has 1 N–H and O–H groups in total. The number of hydrogen-bond acceptors (Lipinski definition) is 5. The average molecular weight is 481 g/mol. The zero-order valence-electron chi connectivity index (χ0n) is 15.4. The molecule has 0 spiro atoms. The fourth-order valence-electron chi connectivity index (χ4n) is 2.83. The Bertz CT molecular complexity index is 717. The van der Waals surface area contributed by atoms with Crippen LogP contribution in [-0.2, 0) is 6.54 Å². The van der Waals surface area contributed by atoms with Gasteiger partial charge in [0, 0.05) is 43.4 Å². The predicted octanol–water partition coefficient (Wildman–Crippen LogP) is 0.759. The van der Waals surface area contributed by atoms with Gasteiger partial charge in [0.1, 0.15) is 5.82 Å². The van der Waals surface area contributed by atoms with Crippen molar-refractivity contribution in [3.63, 3.8) is 0 Å². The molecule has 0 amide bonds. The Kier molecular flexibility index (Phi) is 8.04. The number of benzene rings is 1. The smallest absolute Gasteiger partial charge is 1.00 e. The van der Waals surface area contributed by atoms with Gasteiger partial charge in [0.2, 0.25) is 0 Å². The van der Waals surface area contributed by atoms with Gasteiger partial charge in [-0.1, -0.05) is 22.0 Å². The van der Waals surface area contributed by atoms with Crippen LogP contribution in [0.15, 0.2) is 39.4 Å². The summed E-state index contributed by atoms with van der Waals surface area (Å²) in [6.45, 7) is 4.53. The molecule has 2 heterocycles. The summed E-state index contributed by atoms with van der Waals surface area (Å²) in [5, 5.41) is 10.2. The molecule has 0 radical (unpaired) electrons. The number of phenols is 1. The second-order valence-corrected chi connectivity index (χ2v) is 7.30. The number of phenolic OH excluding ortho intramolecular Hbond substituents is 1. The maximum atomic E-state index is 10.2. The first kappa shape index (κ1) is 21.0. The van der Waals surface area contributed by atoms with Crippen molar-refractivity contribution in [1.29, 1.82) is 0 Å². The molecule has 1 aromatic heterocycles. The first-order chi connectivity index (χ1) is 11.6. The molecule has 2 aromatic rings. The van der Waals surface area contributed by atoms with Crippen LogP contribution in [0.4, 0.5) is 5.82 Å². The molecule has 1 saturated heterocycles. The van der Waals surface area contributed by atoms with Gasteiger partial charge in [0.25, 0.3) is 0 Å². The van der Waals surface area contributed by atoms with Gasteiger partial charge in [-0.05, 0) is 39.7 Å². The SMILES string of the molecule is COc1cc(Br)c(CN2CCN(c3ccccn3)CC2)c(Br)c1O.[H-].[Na+]. The summed E-state index contributed by atoms with van der Waals surface area (Å²) in [7, 11) is 1.55. The van der Waals surface area contributed by atoms with Gasteiger partial charge < -0.3 is 16.2 Å². The summed E-state index contributed by atoms with van der Waals surface area (Å²) in [6.07, 6.45) is 1.83. The largest absolute Gasteiger partial charge is 1.00 e. The van der Waals surface area contributed by atoms with E-state index in [0.29, 0.717) is 10.2 Å². The first-order valence-corrected chi connectivity index (χ1v) is 9.31. The van der Waals surface area contributed by atoms with Crippen molar-refractivity contribution >= 4 is 37.7 Å². The summed E-state index contributed by atoms with van der Waals surface area (Å²) in [4.78, 5) is 9.08. The number of aromatic hydroxyl groups is 1. The minimum absolute atomic E-state index is 0. The van der Waals surface area contributed by atoms with E-state index < -0.39 is 0 Å². The summed E-state index contributed by atoms with van der Waals surface area (Å²) in [5.41, 5.74) is 1.03. The quantitative estimate of drug-likeness (QED) is 0.655. The van der Waals surface area contributed by atoms with E-state index in [1.165, 1.54) is 0 Å². The van der Waals surface area contributed by atoms with Crippen LogP contribution in [-0.4, -0.2) is 48.3 Å². The molecular formula is C17H20Br2N3NaO2. The zero-order valence-corrected chi connectivity index (χ0v) is 19.5. The van der Waals surface area contributed by atoms with E-state index in [2.05, 4.69) is 46.6 Å².